The number of ether oxygens (including phenoxy) is 2. The Bertz CT molecular complexity index is 151. The van der Waals surface area contributed by atoms with Gasteiger partial charge in [-0.3, -0.25) is 4.79 Å². The smallest absolute Gasteiger partial charge is 0.220 e. The molecular formula is C11H23NO3. The summed E-state index contributed by atoms with van der Waals surface area (Å²) in [7, 11) is 1.67. The van der Waals surface area contributed by atoms with Crippen molar-refractivity contribution in [2.45, 2.75) is 32.6 Å². The lowest BCUT2D eigenvalue weighted by Gasteiger charge is -2.05. The third-order valence-electron chi connectivity index (χ3n) is 1.96. The highest BCUT2D eigenvalue weighted by Gasteiger charge is 1.98. The number of unbranched alkanes of at least 4 members (excludes halogenated alkanes) is 1. The van der Waals surface area contributed by atoms with Gasteiger partial charge in [-0.2, -0.15) is 0 Å². The zero-order chi connectivity index (χ0) is 11.4. The fraction of sp³-hybridized carbons (Fsp3) is 0.909. The molecule has 0 rings (SSSR count). The first-order valence-corrected chi connectivity index (χ1v) is 5.64. The van der Waals surface area contributed by atoms with Crippen LogP contribution in [0.25, 0.3) is 0 Å². The Balaban J connectivity index is 3.06. The highest BCUT2D eigenvalue weighted by atomic mass is 16.5. The van der Waals surface area contributed by atoms with E-state index in [-0.39, 0.29) is 5.91 Å². The number of hydrogen-bond acceptors (Lipinski definition) is 3. The van der Waals surface area contributed by atoms with E-state index in [1.54, 1.807) is 7.11 Å². The normalized spacial score (nSPS) is 10.3. The van der Waals surface area contributed by atoms with E-state index < -0.39 is 0 Å². The van der Waals surface area contributed by atoms with E-state index in [1.807, 2.05) is 0 Å². The Morgan fingerprint density at radius 1 is 1.20 bits per heavy atom. The summed E-state index contributed by atoms with van der Waals surface area (Å²) in [5, 5.41) is 2.81. The van der Waals surface area contributed by atoms with Gasteiger partial charge in [0.2, 0.25) is 5.91 Å². The Morgan fingerprint density at radius 2 is 2.00 bits per heavy atom. The van der Waals surface area contributed by atoms with E-state index in [4.69, 9.17) is 9.47 Å². The van der Waals surface area contributed by atoms with Gasteiger partial charge in [-0.15, -0.1) is 0 Å². The van der Waals surface area contributed by atoms with Gasteiger partial charge >= 0.3 is 0 Å². The van der Waals surface area contributed by atoms with Crippen LogP contribution >= 0.6 is 0 Å². The minimum atomic E-state index is 0.123. The number of rotatable bonds is 10. The van der Waals surface area contributed by atoms with Crippen molar-refractivity contribution >= 4 is 5.91 Å². The van der Waals surface area contributed by atoms with E-state index in [0.29, 0.717) is 26.2 Å². The Hall–Kier alpha value is -0.610. The molecule has 0 saturated carbocycles. The van der Waals surface area contributed by atoms with Crippen LogP contribution in [0.3, 0.4) is 0 Å². The van der Waals surface area contributed by atoms with Gasteiger partial charge in [-0.05, 0) is 12.8 Å². The van der Waals surface area contributed by atoms with Crippen LogP contribution in [-0.4, -0.2) is 39.4 Å². The Morgan fingerprint density at radius 3 is 2.67 bits per heavy atom. The lowest BCUT2D eigenvalue weighted by Crippen LogP contribution is -2.27. The van der Waals surface area contributed by atoms with Gasteiger partial charge in [0.25, 0.3) is 0 Å². The highest BCUT2D eigenvalue weighted by Crippen LogP contribution is 1.92. The highest BCUT2D eigenvalue weighted by molar-refractivity contribution is 5.75. The second kappa shape index (κ2) is 11.5. The van der Waals surface area contributed by atoms with Gasteiger partial charge in [0, 0.05) is 33.3 Å². The van der Waals surface area contributed by atoms with E-state index in [2.05, 4.69) is 12.2 Å². The van der Waals surface area contributed by atoms with Crippen molar-refractivity contribution in [1.82, 2.24) is 5.32 Å². The molecule has 4 nitrogen and oxygen atoms in total. The molecule has 0 aromatic rings. The molecule has 90 valence electrons. The number of amides is 1. The quantitative estimate of drug-likeness (QED) is 0.562. The maximum Gasteiger partial charge on any atom is 0.220 e. The average molecular weight is 217 g/mol. The maximum atomic E-state index is 11.2. The molecule has 0 heterocycles. The molecule has 0 saturated heterocycles. The molecule has 0 fully saturated rings. The van der Waals surface area contributed by atoms with Crippen LogP contribution < -0.4 is 5.32 Å². The first-order chi connectivity index (χ1) is 7.31. The standard InChI is InChI=1S/C11H23NO3/c1-3-4-6-11(13)12-7-10-15-9-5-8-14-2/h3-10H2,1-2H3,(H,12,13). The predicted molar refractivity (Wildman–Crippen MR) is 59.8 cm³/mol. The van der Waals surface area contributed by atoms with Crippen molar-refractivity contribution in [2.75, 3.05) is 33.5 Å². The average Bonchev–Trinajstić information content (AvgIpc) is 2.25. The topological polar surface area (TPSA) is 47.6 Å². The molecular weight excluding hydrogens is 194 g/mol. The molecule has 0 radical (unpaired) electrons. The molecule has 0 spiro atoms. The zero-order valence-corrected chi connectivity index (χ0v) is 9.88. The molecule has 0 aromatic heterocycles. The summed E-state index contributed by atoms with van der Waals surface area (Å²) in [5.41, 5.74) is 0. The van der Waals surface area contributed by atoms with Crippen molar-refractivity contribution < 1.29 is 14.3 Å². The Kier molecular flexibility index (Phi) is 11.0. The molecule has 0 aliphatic carbocycles. The molecule has 0 aromatic carbocycles. The van der Waals surface area contributed by atoms with Crippen LogP contribution in [-0.2, 0) is 14.3 Å². The fourth-order valence-electron chi connectivity index (χ4n) is 1.10. The maximum absolute atomic E-state index is 11.2. The number of nitrogens with one attached hydrogen (secondary N) is 1. The third-order valence-corrected chi connectivity index (χ3v) is 1.96. The monoisotopic (exact) mass is 217 g/mol. The molecule has 4 heteroatoms. The van der Waals surface area contributed by atoms with Crippen LogP contribution in [0.5, 0.6) is 0 Å². The summed E-state index contributed by atoms with van der Waals surface area (Å²) in [6.07, 6.45) is 3.54. The molecule has 0 atom stereocenters. The molecule has 15 heavy (non-hydrogen) atoms. The SMILES string of the molecule is CCCCC(=O)NCCOCCCOC. The first kappa shape index (κ1) is 14.4. The minimum absolute atomic E-state index is 0.123. The number of hydrogen-bond donors (Lipinski definition) is 1. The van der Waals surface area contributed by atoms with Crippen LogP contribution in [0.4, 0.5) is 0 Å². The molecule has 0 bridgehead atoms. The van der Waals surface area contributed by atoms with Gasteiger partial charge < -0.3 is 14.8 Å². The molecule has 0 unspecified atom stereocenters. The lowest BCUT2D eigenvalue weighted by molar-refractivity contribution is -0.121. The third kappa shape index (κ3) is 11.3. The van der Waals surface area contributed by atoms with E-state index in [1.165, 1.54) is 0 Å². The van der Waals surface area contributed by atoms with Gasteiger partial charge in [-0.25, -0.2) is 0 Å². The Labute approximate surface area is 92.3 Å². The van der Waals surface area contributed by atoms with Gasteiger partial charge in [-0.1, -0.05) is 13.3 Å². The number of carbonyl (C=O) groups excluding carboxylic acids is 1. The molecule has 0 aliphatic heterocycles. The summed E-state index contributed by atoms with van der Waals surface area (Å²) in [6.45, 7) is 4.69. The van der Waals surface area contributed by atoms with Gasteiger partial charge in [0.15, 0.2) is 0 Å². The largest absolute Gasteiger partial charge is 0.385 e. The van der Waals surface area contributed by atoms with Crippen LogP contribution in [0, 0.1) is 0 Å². The van der Waals surface area contributed by atoms with Crippen LogP contribution in [0.15, 0.2) is 0 Å². The van der Waals surface area contributed by atoms with Crippen molar-refractivity contribution in [2.24, 2.45) is 0 Å². The second-order valence-electron chi connectivity index (χ2n) is 3.41. The summed E-state index contributed by atoms with van der Waals surface area (Å²) in [6, 6.07) is 0. The number of carbonyl (C=O) groups is 1. The van der Waals surface area contributed by atoms with Crippen molar-refractivity contribution in [3.63, 3.8) is 0 Å². The van der Waals surface area contributed by atoms with Gasteiger partial charge in [0.05, 0.1) is 6.61 Å². The van der Waals surface area contributed by atoms with E-state index >= 15 is 0 Å². The van der Waals surface area contributed by atoms with Gasteiger partial charge in [0.1, 0.15) is 0 Å². The number of methoxy groups -OCH3 is 1. The van der Waals surface area contributed by atoms with E-state index in [9.17, 15) is 4.79 Å². The summed E-state index contributed by atoms with van der Waals surface area (Å²) < 4.78 is 10.2. The molecule has 1 amide bonds. The fourth-order valence-corrected chi connectivity index (χ4v) is 1.10. The summed E-state index contributed by atoms with van der Waals surface area (Å²) in [5.74, 6) is 0.123. The summed E-state index contributed by atoms with van der Waals surface area (Å²) >= 11 is 0. The van der Waals surface area contributed by atoms with Crippen LogP contribution in [0.2, 0.25) is 0 Å². The van der Waals surface area contributed by atoms with Crippen molar-refractivity contribution in [1.29, 1.82) is 0 Å². The molecule has 0 aliphatic rings. The second-order valence-corrected chi connectivity index (χ2v) is 3.41. The van der Waals surface area contributed by atoms with Crippen molar-refractivity contribution in [3.05, 3.63) is 0 Å². The van der Waals surface area contributed by atoms with Crippen molar-refractivity contribution in [3.8, 4) is 0 Å². The molecule has 1 N–H and O–H groups in total. The van der Waals surface area contributed by atoms with E-state index in [0.717, 1.165) is 25.9 Å². The zero-order valence-electron chi connectivity index (χ0n) is 9.88. The first-order valence-electron chi connectivity index (χ1n) is 5.64. The summed E-state index contributed by atoms with van der Waals surface area (Å²) in [4.78, 5) is 11.2. The lowest BCUT2D eigenvalue weighted by atomic mass is 10.2. The minimum Gasteiger partial charge on any atom is -0.385 e. The van der Waals surface area contributed by atoms with Crippen LogP contribution in [0.1, 0.15) is 32.6 Å². The predicted octanol–water partition coefficient (Wildman–Crippen LogP) is 1.35.